The summed E-state index contributed by atoms with van der Waals surface area (Å²) in [7, 11) is 1.71. The van der Waals surface area contributed by atoms with Crippen LogP contribution >= 0.6 is 0 Å². The third-order valence-electron chi connectivity index (χ3n) is 3.14. The molecule has 0 aliphatic carbocycles. The zero-order valence-corrected chi connectivity index (χ0v) is 9.83. The van der Waals surface area contributed by atoms with Gasteiger partial charge in [0.2, 0.25) is 0 Å². The van der Waals surface area contributed by atoms with Crippen molar-refractivity contribution in [2.24, 2.45) is 5.92 Å². The number of hydrogen-bond acceptors (Lipinski definition) is 3. The van der Waals surface area contributed by atoms with Crippen molar-refractivity contribution in [2.75, 3.05) is 32.1 Å². The largest absolute Gasteiger partial charge is 0.495 e. The van der Waals surface area contributed by atoms with Crippen molar-refractivity contribution in [1.29, 1.82) is 0 Å². The molecule has 1 saturated heterocycles. The van der Waals surface area contributed by atoms with Gasteiger partial charge >= 0.3 is 0 Å². The molecule has 16 heavy (non-hydrogen) atoms. The van der Waals surface area contributed by atoms with Crippen LogP contribution in [0.3, 0.4) is 0 Å². The van der Waals surface area contributed by atoms with Gasteiger partial charge in [-0.1, -0.05) is 12.1 Å². The van der Waals surface area contributed by atoms with Crippen LogP contribution in [0.4, 0.5) is 5.69 Å². The number of methoxy groups -OCH3 is 1. The lowest BCUT2D eigenvalue weighted by molar-refractivity contribution is 0.416. The van der Waals surface area contributed by atoms with Crippen molar-refractivity contribution in [3.63, 3.8) is 0 Å². The Morgan fingerprint density at radius 3 is 3.06 bits per heavy atom. The molecule has 1 atom stereocenters. The molecule has 2 rings (SSSR count). The molecule has 0 bridgehead atoms. The Bertz CT molecular complexity index is 321. The monoisotopic (exact) mass is 220 g/mol. The summed E-state index contributed by atoms with van der Waals surface area (Å²) in [6, 6.07) is 8.07. The smallest absolute Gasteiger partial charge is 0.141 e. The van der Waals surface area contributed by atoms with Gasteiger partial charge < -0.3 is 15.4 Å². The van der Waals surface area contributed by atoms with E-state index in [1.807, 2.05) is 18.2 Å². The quantitative estimate of drug-likeness (QED) is 0.797. The second-order valence-corrected chi connectivity index (χ2v) is 4.27. The lowest BCUT2D eigenvalue weighted by Crippen LogP contribution is -2.13. The van der Waals surface area contributed by atoms with Crippen molar-refractivity contribution in [3.8, 4) is 5.75 Å². The molecular formula is C13H20N2O. The minimum atomic E-state index is 0.835. The van der Waals surface area contributed by atoms with Crippen molar-refractivity contribution >= 4 is 5.69 Å². The molecule has 0 spiro atoms. The SMILES string of the molecule is COc1ccccc1NCCC1CCNC1. The van der Waals surface area contributed by atoms with E-state index in [-0.39, 0.29) is 0 Å². The van der Waals surface area contributed by atoms with Gasteiger partial charge in [0.25, 0.3) is 0 Å². The molecule has 3 heteroatoms. The fourth-order valence-corrected chi connectivity index (χ4v) is 2.16. The Kier molecular flexibility index (Phi) is 4.05. The molecule has 1 aliphatic rings. The summed E-state index contributed by atoms with van der Waals surface area (Å²) in [6.45, 7) is 3.37. The van der Waals surface area contributed by atoms with Gasteiger partial charge in [-0.15, -0.1) is 0 Å². The number of hydrogen-bond donors (Lipinski definition) is 2. The van der Waals surface area contributed by atoms with Gasteiger partial charge in [-0.3, -0.25) is 0 Å². The first kappa shape index (κ1) is 11.3. The number of benzene rings is 1. The highest BCUT2D eigenvalue weighted by atomic mass is 16.5. The molecule has 88 valence electrons. The number of ether oxygens (including phenoxy) is 1. The van der Waals surface area contributed by atoms with E-state index in [2.05, 4.69) is 16.7 Å². The van der Waals surface area contributed by atoms with Crippen LogP contribution in [0.15, 0.2) is 24.3 Å². The van der Waals surface area contributed by atoms with Gasteiger partial charge in [-0.2, -0.15) is 0 Å². The van der Waals surface area contributed by atoms with Crippen LogP contribution in [-0.4, -0.2) is 26.7 Å². The van der Waals surface area contributed by atoms with E-state index >= 15 is 0 Å². The average molecular weight is 220 g/mol. The molecule has 0 radical (unpaired) electrons. The van der Waals surface area contributed by atoms with E-state index in [0.29, 0.717) is 0 Å². The van der Waals surface area contributed by atoms with Gasteiger partial charge in [0.15, 0.2) is 0 Å². The zero-order chi connectivity index (χ0) is 11.2. The second-order valence-electron chi connectivity index (χ2n) is 4.27. The van der Waals surface area contributed by atoms with Gasteiger partial charge in [0.1, 0.15) is 5.75 Å². The fraction of sp³-hybridized carbons (Fsp3) is 0.538. The van der Waals surface area contributed by atoms with Crippen molar-refractivity contribution in [1.82, 2.24) is 5.32 Å². The number of nitrogens with one attached hydrogen (secondary N) is 2. The first-order valence-electron chi connectivity index (χ1n) is 5.98. The molecule has 1 heterocycles. The minimum absolute atomic E-state index is 0.835. The topological polar surface area (TPSA) is 33.3 Å². The summed E-state index contributed by atoms with van der Waals surface area (Å²) in [5, 5.41) is 6.83. The maximum atomic E-state index is 5.29. The lowest BCUT2D eigenvalue weighted by atomic mass is 10.1. The maximum absolute atomic E-state index is 5.29. The number of para-hydroxylation sites is 2. The Morgan fingerprint density at radius 1 is 1.44 bits per heavy atom. The van der Waals surface area contributed by atoms with Crippen molar-refractivity contribution < 1.29 is 4.74 Å². The standard InChI is InChI=1S/C13H20N2O/c1-16-13-5-3-2-4-12(13)15-9-7-11-6-8-14-10-11/h2-5,11,14-15H,6-10H2,1H3. The summed E-state index contributed by atoms with van der Waals surface area (Å²) >= 11 is 0. The van der Waals surface area contributed by atoms with E-state index in [0.717, 1.165) is 23.9 Å². The van der Waals surface area contributed by atoms with Gasteiger partial charge in [0.05, 0.1) is 12.8 Å². The molecule has 0 amide bonds. The van der Waals surface area contributed by atoms with Crippen LogP contribution in [0.2, 0.25) is 0 Å². The Hall–Kier alpha value is -1.22. The Morgan fingerprint density at radius 2 is 2.31 bits per heavy atom. The third kappa shape index (κ3) is 2.89. The van der Waals surface area contributed by atoms with E-state index in [4.69, 9.17) is 4.74 Å². The molecular weight excluding hydrogens is 200 g/mol. The predicted octanol–water partition coefficient (Wildman–Crippen LogP) is 2.11. The zero-order valence-electron chi connectivity index (χ0n) is 9.83. The number of rotatable bonds is 5. The minimum Gasteiger partial charge on any atom is -0.495 e. The van der Waals surface area contributed by atoms with Crippen LogP contribution in [-0.2, 0) is 0 Å². The summed E-state index contributed by atoms with van der Waals surface area (Å²) in [6.07, 6.45) is 2.54. The molecule has 0 aromatic heterocycles. The van der Waals surface area contributed by atoms with E-state index in [1.165, 1.54) is 25.9 Å². The normalized spacial score (nSPS) is 19.7. The fourth-order valence-electron chi connectivity index (χ4n) is 2.16. The Balaban J connectivity index is 1.79. The molecule has 0 saturated carbocycles. The highest BCUT2D eigenvalue weighted by molar-refractivity contribution is 5.55. The summed E-state index contributed by atoms with van der Waals surface area (Å²) < 4.78 is 5.29. The molecule has 1 aromatic carbocycles. The molecule has 1 aliphatic heterocycles. The van der Waals surface area contributed by atoms with Crippen LogP contribution in [0.5, 0.6) is 5.75 Å². The second kappa shape index (κ2) is 5.75. The maximum Gasteiger partial charge on any atom is 0.141 e. The first-order valence-corrected chi connectivity index (χ1v) is 5.98. The van der Waals surface area contributed by atoms with E-state index < -0.39 is 0 Å². The van der Waals surface area contributed by atoms with E-state index in [9.17, 15) is 0 Å². The Labute approximate surface area is 97.2 Å². The van der Waals surface area contributed by atoms with Crippen LogP contribution < -0.4 is 15.4 Å². The lowest BCUT2D eigenvalue weighted by Gasteiger charge is -2.12. The van der Waals surface area contributed by atoms with Crippen LogP contribution in [0.1, 0.15) is 12.8 Å². The first-order chi connectivity index (χ1) is 7.90. The molecule has 1 aromatic rings. The summed E-state index contributed by atoms with van der Waals surface area (Å²) in [4.78, 5) is 0. The highest BCUT2D eigenvalue weighted by Crippen LogP contribution is 2.23. The van der Waals surface area contributed by atoms with Crippen molar-refractivity contribution in [2.45, 2.75) is 12.8 Å². The molecule has 1 fully saturated rings. The van der Waals surface area contributed by atoms with Crippen LogP contribution in [0.25, 0.3) is 0 Å². The molecule has 2 N–H and O–H groups in total. The van der Waals surface area contributed by atoms with Gasteiger partial charge in [-0.25, -0.2) is 0 Å². The number of anilines is 1. The highest BCUT2D eigenvalue weighted by Gasteiger charge is 2.13. The van der Waals surface area contributed by atoms with Gasteiger partial charge in [0, 0.05) is 6.54 Å². The van der Waals surface area contributed by atoms with Crippen molar-refractivity contribution in [3.05, 3.63) is 24.3 Å². The average Bonchev–Trinajstić information content (AvgIpc) is 2.83. The molecule has 3 nitrogen and oxygen atoms in total. The van der Waals surface area contributed by atoms with E-state index in [1.54, 1.807) is 7.11 Å². The van der Waals surface area contributed by atoms with Crippen LogP contribution in [0, 0.1) is 5.92 Å². The summed E-state index contributed by atoms with van der Waals surface area (Å²) in [5.74, 6) is 1.76. The van der Waals surface area contributed by atoms with Gasteiger partial charge in [-0.05, 0) is 44.0 Å². The predicted molar refractivity (Wildman–Crippen MR) is 67.1 cm³/mol. The third-order valence-corrected chi connectivity index (χ3v) is 3.14. The summed E-state index contributed by atoms with van der Waals surface area (Å²) in [5.41, 5.74) is 1.09. The molecule has 1 unspecified atom stereocenters.